The van der Waals surface area contributed by atoms with Crippen LogP contribution in [0.15, 0.2) is 93.8 Å². The summed E-state index contributed by atoms with van der Waals surface area (Å²) in [6, 6.07) is 20.2. The number of amides is 1. The lowest BCUT2D eigenvalue weighted by Gasteiger charge is -2.26. The van der Waals surface area contributed by atoms with Gasteiger partial charge in [-0.1, -0.05) is 77.6 Å². The highest BCUT2D eigenvalue weighted by Gasteiger charge is 2.34. The number of rotatable bonds is 6. The number of benzene rings is 4. The van der Waals surface area contributed by atoms with Crippen molar-refractivity contribution in [3.05, 3.63) is 99.5 Å². The number of carbonyl (C=O) groups excluding carboxylic acids is 1. The van der Waals surface area contributed by atoms with Gasteiger partial charge in [0.05, 0.1) is 16.8 Å². The molecule has 2 aliphatic heterocycles. The summed E-state index contributed by atoms with van der Waals surface area (Å²) in [5.74, 6) is -0.168. The monoisotopic (exact) mass is 738 g/mol. The normalized spacial score (nSPS) is 17.2. The molecule has 3 N–H and O–H groups in total. The van der Waals surface area contributed by atoms with Crippen LogP contribution in [0.2, 0.25) is 15.1 Å². The first-order valence-electron chi connectivity index (χ1n) is 14.3. The Balaban J connectivity index is 0.000000207. The number of anilines is 1. The maximum Gasteiger partial charge on any atom is 0.295 e. The van der Waals surface area contributed by atoms with Crippen molar-refractivity contribution in [2.75, 3.05) is 18.1 Å². The molecule has 47 heavy (non-hydrogen) atoms. The van der Waals surface area contributed by atoms with Crippen LogP contribution < -0.4 is 10.4 Å². The Morgan fingerprint density at radius 3 is 1.85 bits per heavy atom. The number of halogens is 3. The number of fused-ring (bicyclic) bond motifs is 1. The van der Waals surface area contributed by atoms with Crippen molar-refractivity contribution in [2.24, 2.45) is 5.10 Å². The lowest BCUT2D eigenvalue weighted by molar-refractivity contribution is -0.119. The van der Waals surface area contributed by atoms with Crippen LogP contribution in [0.5, 0.6) is 0 Å². The van der Waals surface area contributed by atoms with Crippen molar-refractivity contribution in [3.8, 4) is 0 Å². The molecular weight excluding hydrogens is 711 g/mol. The standard InChI is InChI=1S/C21H21Cl3N4O.C10H8O6S2/c22-15-6-4-14(5-7-15)20-13-18(21(29)26-27-10-2-1-3-11-27)25-28(20)19-9-8-16(23)12-17(19)24;11-17(12,13)9-5-1-3-7-8(9)4-2-6-10(7)18(14,15)16/h4-9,12,20H,1-3,10-11,13H2,(H,26,29);1-6H,(H,11,12,13)(H,14,15,16)/t20-;/m0./s1. The molecule has 0 aliphatic carbocycles. The summed E-state index contributed by atoms with van der Waals surface area (Å²) in [5.41, 5.74) is 5.18. The Morgan fingerprint density at radius 2 is 1.32 bits per heavy atom. The highest BCUT2D eigenvalue weighted by molar-refractivity contribution is 7.86. The van der Waals surface area contributed by atoms with Gasteiger partial charge in [0.15, 0.2) is 0 Å². The third kappa shape index (κ3) is 8.42. The zero-order valence-corrected chi connectivity index (χ0v) is 28.5. The van der Waals surface area contributed by atoms with Crippen LogP contribution >= 0.6 is 34.8 Å². The van der Waals surface area contributed by atoms with Gasteiger partial charge in [0.2, 0.25) is 0 Å². The molecule has 1 amide bonds. The Hall–Kier alpha value is -3.27. The van der Waals surface area contributed by atoms with Crippen molar-refractivity contribution in [1.29, 1.82) is 0 Å². The molecule has 0 radical (unpaired) electrons. The fourth-order valence-electron chi connectivity index (χ4n) is 5.40. The predicted octanol–water partition coefficient (Wildman–Crippen LogP) is 6.80. The number of hydrogen-bond donors (Lipinski definition) is 3. The SMILES string of the molecule is O=C(NN1CCCCC1)C1=NN(c2ccc(Cl)cc2Cl)[C@H](c2ccc(Cl)cc2)C1.O=S(=O)(O)c1cccc2c(S(=O)(=O)O)cccc12. The van der Waals surface area contributed by atoms with Crippen LogP contribution in [-0.4, -0.2) is 55.7 Å². The number of hydrogen-bond acceptors (Lipinski definition) is 8. The molecule has 2 heterocycles. The van der Waals surface area contributed by atoms with Crippen LogP contribution in [0, 0.1) is 0 Å². The average molecular weight is 740 g/mol. The van der Waals surface area contributed by atoms with Gasteiger partial charge in [-0.15, -0.1) is 0 Å². The topological polar surface area (TPSA) is 157 Å². The van der Waals surface area contributed by atoms with Crippen molar-refractivity contribution in [1.82, 2.24) is 10.4 Å². The van der Waals surface area contributed by atoms with Gasteiger partial charge in [0.1, 0.15) is 15.5 Å². The van der Waals surface area contributed by atoms with E-state index in [1.54, 1.807) is 17.1 Å². The molecule has 4 aromatic carbocycles. The Morgan fingerprint density at radius 1 is 0.766 bits per heavy atom. The zero-order valence-electron chi connectivity index (χ0n) is 24.6. The van der Waals surface area contributed by atoms with Crippen molar-refractivity contribution < 1.29 is 30.7 Å². The molecule has 0 bridgehead atoms. The fraction of sp³-hybridized carbons (Fsp3) is 0.226. The highest BCUT2D eigenvalue weighted by atomic mass is 35.5. The van der Waals surface area contributed by atoms with Crippen LogP contribution in [0.3, 0.4) is 0 Å². The highest BCUT2D eigenvalue weighted by Crippen LogP contribution is 2.40. The number of nitrogens with zero attached hydrogens (tertiary/aromatic N) is 3. The molecule has 2 aliphatic rings. The molecule has 0 aromatic heterocycles. The van der Waals surface area contributed by atoms with Crippen LogP contribution in [0.25, 0.3) is 10.8 Å². The summed E-state index contributed by atoms with van der Waals surface area (Å²) in [6.45, 7) is 1.73. The van der Waals surface area contributed by atoms with Crippen molar-refractivity contribution >= 4 is 83.1 Å². The van der Waals surface area contributed by atoms with E-state index >= 15 is 0 Å². The molecular formula is C31H29Cl3N4O7S2. The lowest BCUT2D eigenvalue weighted by Crippen LogP contribution is -2.47. The van der Waals surface area contributed by atoms with Crippen LogP contribution in [0.4, 0.5) is 5.69 Å². The maximum absolute atomic E-state index is 12.9. The first-order valence-corrected chi connectivity index (χ1v) is 18.3. The molecule has 11 nitrogen and oxygen atoms in total. The van der Waals surface area contributed by atoms with Gasteiger partial charge in [-0.05, 0) is 60.9 Å². The smallest absolute Gasteiger partial charge is 0.284 e. The molecule has 16 heteroatoms. The van der Waals surface area contributed by atoms with Crippen LogP contribution in [-0.2, 0) is 25.0 Å². The molecule has 6 rings (SSSR count). The fourth-order valence-corrected chi connectivity index (χ4v) is 7.43. The summed E-state index contributed by atoms with van der Waals surface area (Å²) in [7, 11) is -8.94. The molecule has 4 aromatic rings. The first-order chi connectivity index (χ1) is 22.2. The van der Waals surface area contributed by atoms with E-state index in [1.807, 2.05) is 35.3 Å². The van der Waals surface area contributed by atoms with Crippen molar-refractivity contribution in [3.63, 3.8) is 0 Å². The van der Waals surface area contributed by atoms with E-state index in [0.717, 1.165) is 43.6 Å². The Kier molecular flexibility index (Phi) is 10.8. The Bertz CT molecular complexity index is 1980. The second-order valence-electron chi connectivity index (χ2n) is 10.8. The van der Waals surface area contributed by atoms with E-state index in [1.165, 1.54) is 30.7 Å². The largest absolute Gasteiger partial charge is 0.295 e. The van der Waals surface area contributed by atoms with Gasteiger partial charge in [-0.3, -0.25) is 24.3 Å². The van der Waals surface area contributed by atoms with E-state index in [9.17, 15) is 21.6 Å². The van der Waals surface area contributed by atoms with Gasteiger partial charge in [-0.25, -0.2) is 5.01 Å². The number of nitrogens with one attached hydrogen (secondary N) is 1. The minimum absolute atomic E-state index is 0.0233. The summed E-state index contributed by atoms with van der Waals surface area (Å²) in [6.07, 6.45) is 3.86. The van der Waals surface area contributed by atoms with E-state index in [-0.39, 0.29) is 22.7 Å². The number of piperidine rings is 1. The summed E-state index contributed by atoms with van der Waals surface area (Å²) < 4.78 is 62.7. The minimum atomic E-state index is -4.47. The second kappa shape index (κ2) is 14.5. The van der Waals surface area contributed by atoms with Gasteiger partial charge in [0, 0.05) is 40.3 Å². The van der Waals surface area contributed by atoms with E-state index < -0.39 is 30.0 Å². The third-order valence-electron chi connectivity index (χ3n) is 7.60. The first kappa shape index (κ1) is 35.0. The predicted molar refractivity (Wildman–Crippen MR) is 182 cm³/mol. The molecule has 1 saturated heterocycles. The van der Waals surface area contributed by atoms with Gasteiger partial charge in [-0.2, -0.15) is 21.9 Å². The third-order valence-corrected chi connectivity index (χ3v) is 10.2. The molecule has 1 atom stereocenters. The van der Waals surface area contributed by atoms with E-state index in [2.05, 4.69) is 10.5 Å². The lowest BCUT2D eigenvalue weighted by atomic mass is 10.0. The quantitative estimate of drug-likeness (QED) is 0.181. The summed E-state index contributed by atoms with van der Waals surface area (Å²) in [4.78, 5) is 12.1. The number of carbonyl (C=O) groups is 1. The number of hydrazone groups is 1. The van der Waals surface area contributed by atoms with Crippen LogP contribution in [0.1, 0.15) is 37.3 Å². The van der Waals surface area contributed by atoms with E-state index in [0.29, 0.717) is 32.9 Å². The summed E-state index contributed by atoms with van der Waals surface area (Å²) >= 11 is 18.6. The van der Waals surface area contributed by atoms with Gasteiger partial charge < -0.3 is 0 Å². The second-order valence-corrected chi connectivity index (χ2v) is 14.9. The minimum Gasteiger partial charge on any atom is -0.284 e. The molecule has 0 spiro atoms. The Labute approximate surface area is 287 Å². The van der Waals surface area contributed by atoms with Crippen molar-refractivity contribution in [2.45, 2.75) is 41.5 Å². The van der Waals surface area contributed by atoms with Gasteiger partial charge in [0.25, 0.3) is 26.1 Å². The molecule has 0 unspecified atom stereocenters. The molecule has 0 saturated carbocycles. The number of hydrazine groups is 1. The average Bonchev–Trinajstić information content (AvgIpc) is 3.46. The molecule has 248 valence electrons. The van der Waals surface area contributed by atoms with E-state index in [4.69, 9.17) is 43.9 Å². The molecule has 1 fully saturated rings. The zero-order chi connectivity index (χ0) is 33.9. The maximum atomic E-state index is 12.9. The van der Waals surface area contributed by atoms with Gasteiger partial charge >= 0.3 is 0 Å². The summed E-state index contributed by atoms with van der Waals surface area (Å²) in [5, 5.41) is 10.2.